The van der Waals surface area contributed by atoms with Crippen LogP contribution in [-0.2, 0) is 16.2 Å². The molecule has 1 fully saturated rings. The molecule has 2 unspecified atom stereocenters. The summed E-state index contributed by atoms with van der Waals surface area (Å²) in [7, 11) is 1.55. The molecule has 0 spiro atoms. The maximum atomic E-state index is 13.8. The average Bonchev–Trinajstić information content (AvgIpc) is 3.42. The quantitative estimate of drug-likeness (QED) is 0.312. The number of aromatic amines is 1. The molecule has 3 heterocycles. The number of hydrogen-bond acceptors (Lipinski definition) is 7. The lowest BCUT2D eigenvalue weighted by molar-refractivity contribution is -0.122. The number of hydrogen-bond donors (Lipinski definition) is 1. The van der Waals surface area contributed by atoms with Crippen LogP contribution in [0.15, 0.2) is 82.6 Å². The van der Waals surface area contributed by atoms with Crippen molar-refractivity contribution in [1.29, 1.82) is 0 Å². The molecule has 2 aliphatic rings. The third kappa shape index (κ3) is 4.30. The van der Waals surface area contributed by atoms with Gasteiger partial charge in [0, 0.05) is 15.8 Å². The predicted octanol–water partition coefficient (Wildman–Crippen LogP) is 5.47. The molecule has 2 aliphatic heterocycles. The molecule has 3 atom stereocenters. The van der Waals surface area contributed by atoms with Crippen LogP contribution in [0, 0.1) is 5.92 Å². The van der Waals surface area contributed by atoms with Gasteiger partial charge in [0.1, 0.15) is 11.9 Å². The van der Waals surface area contributed by atoms with Crippen LogP contribution in [0.3, 0.4) is 0 Å². The van der Waals surface area contributed by atoms with E-state index >= 15 is 0 Å². The molecular weight excluding hydrogens is 544 g/mol. The molecule has 1 saturated heterocycles. The summed E-state index contributed by atoms with van der Waals surface area (Å²) in [6.45, 7) is 0.320. The molecule has 10 heteroatoms. The normalized spacial score (nSPS) is 20.3. The maximum absolute atomic E-state index is 13.8. The van der Waals surface area contributed by atoms with Crippen molar-refractivity contribution in [2.45, 2.75) is 22.8 Å². The zero-order valence-corrected chi connectivity index (χ0v) is 22.4. The highest BCUT2D eigenvalue weighted by Gasteiger charge is 2.56. The molecule has 3 aromatic carbocycles. The Bertz CT molecular complexity index is 1590. The molecule has 0 saturated carbocycles. The number of imide groups is 1. The number of carbonyl (C=O) groups is 2. The lowest BCUT2D eigenvalue weighted by atomic mass is 9.83. The van der Waals surface area contributed by atoms with Gasteiger partial charge in [-0.3, -0.25) is 14.4 Å². The third-order valence-corrected chi connectivity index (χ3v) is 9.35. The maximum Gasteiger partial charge on any atom is 0.305 e. The van der Waals surface area contributed by atoms with E-state index < -0.39 is 17.1 Å². The van der Waals surface area contributed by atoms with Gasteiger partial charge < -0.3 is 14.5 Å². The first kappa shape index (κ1) is 24.8. The van der Waals surface area contributed by atoms with Crippen LogP contribution in [0.25, 0.3) is 0 Å². The van der Waals surface area contributed by atoms with Gasteiger partial charge in [-0.05, 0) is 47.5 Å². The monoisotopic (exact) mass is 564 g/mol. The van der Waals surface area contributed by atoms with Gasteiger partial charge in [0.05, 0.1) is 23.7 Å². The number of ether oxygens (including phenoxy) is 2. The number of carbonyl (C=O) groups excluding carboxylic acids is 2. The summed E-state index contributed by atoms with van der Waals surface area (Å²) in [4.78, 5) is 44.3. The largest absolute Gasteiger partial charge is 0.493 e. The molecule has 0 aliphatic carbocycles. The van der Waals surface area contributed by atoms with E-state index in [9.17, 15) is 14.4 Å². The molecule has 0 radical (unpaired) electrons. The summed E-state index contributed by atoms with van der Waals surface area (Å²) in [5.74, 6) is -0.699. The van der Waals surface area contributed by atoms with Crippen LogP contribution in [0.4, 0.5) is 5.69 Å². The average molecular weight is 565 g/mol. The smallest absolute Gasteiger partial charge is 0.305 e. The van der Waals surface area contributed by atoms with Crippen LogP contribution in [0.2, 0.25) is 5.02 Å². The van der Waals surface area contributed by atoms with Gasteiger partial charge in [-0.15, -0.1) is 0 Å². The molecule has 6 rings (SSSR count). The Kier molecular flexibility index (Phi) is 6.51. The van der Waals surface area contributed by atoms with E-state index in [1.807, 2.05) is 30.3 Å². The number of rotatable bonds is 6. The number of H-pyrrole nitrogens is 1. The van der Waals surface area contributed by atoms with Crippen LogP contribution >= 0.6 is 34.7 Å². The first-order valence-corrected chi connectivity index (χ1v) is 13.9. The Balaban J connectivity index is 1.37. The van der Waals surface area contributed by atoms with Crippen LogP contribution in [-0.4, -0.2) is 29.2 Å². The summed E-state index contributed by atoms with van der Waals surface area (Å²) >= 11 is 8.30. The topological polar surface area (TPSA) is 88.7 Å². The highest BCUT2D eigenvalue weighted by atomic mass is 35.5. The van der Waals surface area contributed by atoms with E-state index in [2.05, 4.69) is 4.98 Å². The van der Waals surface area contributed by atoms with Crippen molar-refractivity contribution in [3.63, 3.8) is 0 Å². The zero-order valence-electron chi connectivity index (χ0n) is 20.1. The number of benzene rings is 3. The van der Waals surface area contributed by atoms with E-state index in [1.54, 1.807) is 49.6 Å². The highest BCUT2D eigenvalue weighted by molar-refractivity contribution is 8.00. The Hall–Kier alpha value is -3.53. The van der Waals surface area contributed by atoms with Crippen molar-refractivity contribution >= 4 is 52.2 Å². The molecule has 7 nitrogen and oxygen atoms in total. The number of thiazole rings is 1. The van der Waals surface area contributed by atoms with E-state index in [1.165, 1.54) is 16.7 Å². The molecule has 4 aromatic rings. The lowest BCUT2D eigenvalue weighted by Gasteiger charge is -2.30. The predicted molar refractivity (Wildman–Crippen MR) is 148 cm³/mol. The number of methoxy groups -OCH3 is 1. The number of anilines is 1. The number of aromatic nitrogens is 1. The molecule has 192 valence electrons. The van der Waals surface area contributed by atoms with Crippen molar-refractivity contribution in [3.8, 4) is 11.5 Å². The Labute approximate surface area is 231 Å². The van der Waals surface area contributed by atoms with E-state index in [-0.39, 0.29) is 16.7 Å². The summed E-state index contributed by atoms with van der Waals surface area (Å²) in [6, 6.07) is 21.8. The molecular formula is C28H21ClN2O5S2. The molecule has 1 aromatic heterocycles. The number of nitrogens with zero attached hydrogens (tertiary/aromatic N) is 1. The van der Waals surface area contributed by atoms with Gasteiger partial charge in [-0.25, -0.2) is 4.90 Å². The van der Waals surface area contributed by atoms with Crippen molar-refractivity contribution in [2.24, 2.45) is 5.92 Å². The second-order valence-corrected chi connectivity index (χ2v) is 11.5. The van der Waals surface area contributed by atoms with Gasteiger partial charge in [0.2, 0.25) is 11.8 Å². The fourth-order valence-electron chi connectivity index (χ4n) is 4.95. The molecule has 1 N–H and O–H groups in total. The number of fused-ring (bicyclic) bond motifs is 2. The van der Waals surface area contributed by atoms with E-state index in [0.717, 1.165) is 27.3 Å². The van der Waals surface area contributed by atoms with E-state index in [4.69, 9.17) is 21.1 Å². The molecule has 0 bridgehead atoms. The minimum Gasteiger partial charge on any atom is -0.493 e. The number of halogens is 1. The van der Waals surface area contributed by atoms with Crippen LogP contribution in [0.1, 0.15) is 21.9 Å². The SMILES string of the molecule is COc1cc([C@H]2c3sc(=O)[nH]c3SC3C(=O)N(c4ccccc4)C(=O)C32)ccc1OCc1ccc(Cl)cc1. The molecule has 38 heavy (non-hydrogen) atoms. The van der Waals surface area contributed by atoms with Crippen molar-refractivity contribution in [3.05, 3.63) is 103 Å². The summed E-state index contributed by atoms with van der Waals surface area (Å²) < 4.78 is 11.7. The second kappa shape index (κ2) is 9.98. The number of nitrogens with one attached hydrogen (secondary N) is 1. The van der Waals surface area contributed by atoms with Gasteiger partial charge in [-0.2, -0.15) is 0 Å². The minimum atomic E-state index is -0.669. The third-order valence-electron chi connectivity index (χ3n) is 6.69. The second-order valence-electron chi connectivity index (χ2n) is 8.92. The van der Waals surface area contributed by atoms with Gasteiger partial charge in [0.25, 0.3) is 0 Å². The summed E-state index contributed by atoms with van der Waals surface area (Å²) in [6.07, 6.45) is 0. The lowest BCUT2D eigenvalue weighted by Crippen LogP contribution is -2.32. The first-order chi connectivity index (χ1) is 18.4. The van der Waals surface area contributed by atoms with Crippen molar-refractivity contribution in [2.75, 3.05) is 12.0 Å². The van der Waals surface area contributed by atoms with Gasteiger partial charge in [0.15, 0.2) is 11.5 Å². The van der Waals surface area contributed by atoms with Crippen LogP contribution in [0.5, 0.6) is 11.5 Å². The standard InChI is InChI=1S/C28H21ClN2O5S2/c1-35-20-13-16(9-12-19(20)36-14-15-7-10-17(29)11-8-15)21-22-24(37-25-23(21)38-28(34)30-25)27(33)31(26(22)32)18-5-3-2-4-6-18/h2-13,21-22,24H,14H2,1H3,(H,30,34)/t21-,22?,24?/m1/s1. The minimum absolute atomic E-state index is 0.220. The fourth-order valence-corrected chi connectivity index (χ4v) is 7.59. The van der Waals surface area contributed by atoms with Gasteiger partial charge in [-0.1, -0.05) is 71.1 Å². The van der Waals surface area contributed by atoms with Gasteiger partial charge >= 0.3 is 4.87 Å². The fraction of sp³-hybridized carbons (Fsp3) is 0.179. The number of thioether (sulfide) groups is 1. The zero-order chi connectivity index (χ0) is 26.4. The van der Waals surface area contributed by atoms with Crippen molar-refractivity contribution < 1.29 is 19.1 Å². The van der Waals surface area contributed by atoms with Crippen LogP contribution < -0.4 is 19.2 Å². The van der Waals surface area contributed by atoms with E-state index in [0.29, 0.717) is 33.8 Å². The number of amides is 2. The number of para-hydroxylation sites is 1. The molecule has 2 amide bonds. The Morgan fingerprint density at radius 2 is 1.71 bits per heavy atom. The highest BCUT2D eigenvalue weighted by Crippen LogP contribution is 2.53. The Morgan fingerprint density at radius 3 is 2.45 bits per heavy atom. The Morgan fingerprint density at radius 1 is 0.947 bits per heavy atom. The summed E-state index contributed by atoms with van der Waals surface area (Å²) in [5.41, 5.74) is 2.26. The summed E-state index contributed by atoms with van der Waals surface area (Å²) in [5, 5.41) is 0.624. The van der Waals surface area contributed by atoms with Crippen molar-refractivity contribution in [1.82, 2.24) is 4.98 Å². The first-order valence-electron chi connectivity index (χ1n) is 11.8.